The Labute approximate surface area is 110 Å². The molecule has 0 saturated carbocycles. The van der Waals surface area contributed by atoms with Crippen molar-refractivity contribution in [2.45, 2.75) is 0 Å². The van der Waals surface area contributed by atoms with Crippen LogP contribution in [0.1, 0.15) is 0 Å². The Hall–Kier alpha value is -0.270. The molecule has 0 spiro atoms. The maximum absolute atomic E-state index is 10.3. The van der Waals surface area contributed by atoms with Gasteiger partial charge in [-0.2, -0.15) is 0 Å². The predicted octanol–water partition coefficient (Wildman–Crippen LogP) is -2.42. The van der Waals surface area contributed by atoms with Crippen molar-refractivity contribution in [2.24, 2.45) is 0 Å². The maximum Gasteiger partial charge on any atom is 1.00 e. The van der Waals surface area contributed by atoms with Gasteiger partial charge in [0, 0.05) is 0 Å². The van der Waals surface area contributed by atoms with E-state index in [0.29, 0.717) is 5.75 Å². The molecule has 0 aliphatic carbocycles. The quantitative estimate of drug-likeness (QED) is 0.432. The normalized spacial score (nSPS) is 10.3. The zero-order valence-corrected chi connectivity index (χ0v) is 11.3. The van der Waals surface area contributed by atoms with Crippen molar-refractivity contribution in [2.75, 3.05) is 13.0 Å². The molecular formula is C8H9NaO5S. The molecule has 7 heteroatoms. The molecule has 0 unspecified atom stereocenters. The van der Waals surface area contributed by atoms with E-state index >= 15 is 0 Å². The predicted molar refractivity (Wildman–Crippen MR) is 48.2 cm³/mol. The van der Waals surface area contributed by atoms with Gasteiger partial charge in [0.1, 0.15) is 10.1 Å². The molecule has 0 heterocycles. The summed E-state index contributed by atoms with van der Waals surface area (Å²) in [6.45, 7) is 0. The minimum absolute atomic E-state index is 0. The summed E-state index contributed by atoms with van der Waals surface area (Å²) in [7, 11) is -2.95. The van der Waals surface area contributed by atoms with Crippen molar-refractivity contribution >= 4 is 10.1 Å². The first kappa shape index (κ1) is 14.7. The summed E-state index contributed by atoms with van der Waals surface area (Å²) in [5.74, 6) is -0.279. The number of rotatable bonds is 4. The van der Waals surface area contributed by atoms with E-state index in [0.717, 1.165) is 0 Å². The maximum atomic E-state index is 10.3. The topological polar surface area (TPSA) is 75.7 Å². The van der Waals surface area contributed by atoms with Crippen LogP contribution < -0.4 is 39.0 Å². The Morgan fingerprint density at radius 3 is 2.27 bits per heavy atom. The molecule has 0 aromatic heterocycles. The number of hydrogen-bond acceptors (Lipinski definition) is 5. The number of methoxy groups -OCH3 is 1. The van der Waals surface area contributed by atoms with E-state index in [9.17, 15) is 13.0 Å². The Morgan fingerprint density at radius 1 is 1.27 bits per heavy atom. The molecule has 0 bridgehead atoms. The van der Waals surface area contributed by atoms with Crippen molar-refractivity contribution in [1.29, 1.82) is 0 Å². The van der Waals surface area contributed by atoms with Crippen molar-refractivity contribution in [3.63, 3.8) is 0 Å². The molecule has 15 heavy (non-hydrogen) atoms. The summed E-state index contributed by atoms with van der Waals surface area (Å²) >= 11 is 0. The molecule has 0 aliphatic heterocycles. The average molecular weight is 240 g/mol. The van der Waals surface area contributed by atoms with Gasteiger partial charge in [-0.1, -0.05) is 12.1 Å². The van der Waals surface area contributed by atoms with Gasteiger partial charge in [0.25, 0.3) is 0 Å². The van der Waals surface area contributed by atoms with Gasteiger partial charge in [-0.3, -0.25) is 0 Å². The van der Waals surface area contributed by atoms with Crippen LogP contribution in [-0.4, -0.2) is 26.0 Å². The van der Waals surface area contributed by atoms with Crippen molar-refractivity contribution in [1.82, 2.24) is 0 Å². The minimum atomic E-state index is -4.38. The zero-order valence-electron chi connectivity index (χ0n) is 8.47. The fraction of sp³-hybridized carbons (Fsp3) is 0.250. The first-order valence-electron chi connectivity index (χ1n) is 3.72. The largest absolute Gasteiger partial charge is 1.00 e. The van der Waals surface area contributed by atoms with E-state index in [4.69, 9.17) is 9.47 Å². The summed E-state index contributed by atoms with van der Waals surface area (Å²) < 4.78 is 40.5. The molecular weight excluding hydrogens is 231 g/mol. The van der Waals surface area contributed by atoms with Crippen molar-refractivity contribution in [3.8, 4) is 11.5 Å². The van der Waals surface area contributed by atoms with Crippen molar-refractivity contribution < 1.29 is 52.0 Å². The molecule has 0 radical (unpaired) electrons. The fourth-order valence-electron chi connectivity index (χ4n) is 0.874. The molecule has 0 amide bonds. The van der Waals surface area contributed by atoms with E-state index < -0.39 is 16.1 Å². The third-order valence-electron chi connectivity index (χ3n) is 1.43. The number of hydrogen-bond donors (Lipinski definition) is 0. The molecule has 0 aliphatic rings. The van der Waals surface area contributed by atoms with Crippen LogP contribution in [-0.2, 0) is 10.1 Å². The monoisotopic (exact) mass is 240 g/mol. The number of benzene rings is 1. The third-order valence-corrected chi connectivity index (χ3v) is 1.83. The van der Waals surface area contributed by atoms with Gasteiger partial charge in [0.2, 0.25) is 0 Å². The van der Waals surface area contributed by atoms with Crippen LogP contribution in [0.3, 0.4) is 0 Å². The van der Waals surface area contributed by atoms with Gasteiger partial charge in [0.05, 0.1) is 7.11 Å². The van der Waals surface area contributed by atoms with Gasteiger partial charge >= 0.3 is 29.6 Å². The summed E-state index contributed by atoms with van der Waals surface area (Å²) in [5.41, 5.74) is 0. The molecule has 0 atom stereocenters. The van der Waals surface area contributed by atoms with Gasteiger partial charge in [-0.25, -0.2) is 8.42 Å². The minimum Gasteiger partial charge on any atom is -0.745 e. The van der Waals surface area contributed by atoms with Gasteiger partial charge in [0.15, 0.2) is 17.4 Å². The average Bonchev–Trinajstić information content (AvgIpc) is 2.14. The van der Waals surface area contributed by atoms with Gasteiger partial charge in [-0.05, 0) is 12.1 Å². The van der Waals surface area contributed by atoms with Crippen LogP contribution in [0.25, 0.3) is 0 Å². The Kier molecular flexibility index (Phi) is 6.23. The van der Waals surface area contributed by atoms with Crippen LogP contribution >= 0.6 is 0 Å². The van der Waals surface area contributed by atoms with Crippen LogP contribution in [0.2, 0.25) is 0 Å². The molecule has 1 aromatic carbocycles. The fourth-order valence-corrected chi connectivity index (χ4v) is 1.15. The van der Waals surface area contributed by atoms with E-state index in [2.05, 4.69) is 0 Å². The van der Waals surface area contributed by atoms with E-state index in [1.54, 1.807) is 18.2 Å². The van der Waals surface area contributed by atoms with Gasteiger partial charge in [-0.15, -0.1) is 0 Å². The third kappa shape index (κ3) is 5.39. The molecule has 0 N–H and O–H groups in total. The second-order valence-electron chi connectivity index (χ2n) is 2.47. The Balaban J connectivity index is 0.00000196. The first-order valence-corrected chi connectivity index (χ1v) is 5.30. The Bertz CT molecular complexity index is 403. The van der Waals surface area contributed by atoms with Crippen LogP contribution in [0.5, 0.6) is 11.5 Å². The summed E-state index contributed by atoms with van der Waals surface area (Å²) in [5, 5.41) is 0. The van der Waals surface area contributed by atoms with E-state index in [-0.39, 0.29) is 35.3 Å². The second-order valence-corrected chi connectivity index (χ2v) is 3.82. The van der Waals surface area contributed by atoms with Crippen LogP contribution in [0.15, 0.2) is 24.3 Å². The number of para-hydroxylation sites is 2. The number of ether oxygens (including phenoxy) is 2. The molecule has 0 saturated heterocycles. The Morgan fingerprint density at radius 2 is 1.80 bits per heavy atom. The summed E-state index contributed by atoms with van der Waals surface area (Å²) in [6, 6.07) is 6.48. The van der Waals surface area contributed by atoms with E-state index in [1.165, 1.54) is 13.2 Å². The molecule has 0 fully saturated rings. The first-order chi connectivity index (χ1) is 6.53. The second kappa shape index (κ2) is 6.34. The molecule has 5 nitrogen and oxygen atoms in total. The summed E-state index contributed by atoms with van der Waals surface area (Å²) in [4.78, 5) is 0. The molecule has 1 rings (SSSR count). The van der Waals surface area contributed by atoms with Crippen LogP contribution in [0.4, 0.5) is 0 Å². The van der Waals surface area contributed by atoms with E-state index in [1.807, 2.05) is 0 Å². The van der Waals surface area contributed by atoms with Crippen LogP contribution in [0, 0.1) is 0 Å². The molecule has 78 valence electrons. The summed E-state index contributed by atoms with van der Waals surface area (Å²) in [6.07, 6.45) is 0. The SMILES string of the molecule is COc1ccccc1OCS(=O)(=O)[O-].[Na+]. The standard InChI is InChI=1S/C8H10O5S.Na/c1-12-7-4-2-3-5-8(7)13-6-14(9,10)11;/h2-5H,6H2,1H3,(H,9,10,11);/q;+1/p-1. The van der Waals surface area contributed by atoms with Crippen molar-refractivity contribution in [3.05, 3.63) is 24.3 Å². The molecule has 1 aromatic rings. The smallest absolute Gasteiger partial charge is 0.745 e. The van der Waals surface area contributed by atoms with Gasteiger partial charge < -0.3 is 14.0 Å². The zero-order chi connectivity index (χ0) is 10.6.